The zero-order chi connectivity index (χ0) is 12.6. The molecule has 0 saturated heterocycles. The second-order valence-electron chi connectivity index (χ2n) is 4.01. The van der Waals surface area contributed by atoms with E-state index in [1.54, 1.807) is 0 Å². The summed E-state index contributed by atoms with van der Waals surface area (Å²) in [5.41, 5.74) is 0. The second-order valence-corrected chi connectivity index (χ2v) is 4.01. The number of ether oxygens (including phenoxy) is 1. The summed E-state index contributed by atoms with van der Waals surface area (Å²) in [4.78, 5) is 11.0. The molecule has 0 aromatic rings. The number of nitrogens with one attached hydrogen (secondary N) is 1. The van der Waals surface area contributed by atoms with Crippen LogP contribution in [0.4, 0.5) is 0 Å². The molecular formula is C10H21NO5. The third kappa shape index (κ3) is 8.60. The number of aliphatic hydroxyl groups is 2. The summed E-state index contributed by atoms with van der Waals surface area (Å²) < 4.78 is 5.20. The molecule has 0 spiro atoms. The van der Waals surface area contributed by atoms with Crippen LogP contribution in [0, 0.1) is 0 Å². The smallest absolute Gasteiger partial charge is 0.126 e. The van der Waals surface area contributed by atoms with Crippen LogP contribution in [0.5, 0.6) is 0 Å². The zero-order valence-corrected chi connectivity index (χ0v) is 9.81. The van der Waals surface area contributed by atoms with Gasteiger partial charge in [-0.1, -0.05) is 0 Å². The lowest BCUT2D eigenvalue weighted by atomic mass is 10.3. The summed E-state index contributed by atoms with van der Waals surface area (Å²) in [7, 11) is 0. The maximum atomic E-state index is 10.4. The van der Waals surface area contributed by atoms with E-state index in [9.17, 15) is 15.0 Å². The summed E-state index contributed by atoms with van der Waals surface area (Å²) in [5.74, 6) is -1.19. The van der Waals surface area contributed by atoms with Crippen molar-refractivity contribution in [2.24, 2.45) is 0 Å². The Morgan fingerprint density at radius 3 is 2.56 bits per heavy atom. The molecule has 0 fully saturated rings. The van der Waals surface area contributed by atoms with E-state index in [4.69, 9.17) is 9.84 Å². The number of rotatable bonds is 9. The topological polar surface area (TPSA) is 94.3 Å². The van der Waals surface area contributed by atoms with Crippen LogP contribution >= 0.6 is 0 Å². The average molecular weight is 235 g/mol. The number of carboxylic acid groups (broad SMARTS) is 1. The van der Waals surface area contributed by atoms with Crippen LogP contribution in [0.2, 0.25) is 0 Å². The number of aliphatic carboxylic acids is 1. The summed E-state index contributed by atoms with van der Waals surface area (Å²) in [6, 6.07) is 0. The molecule has 0 rings (SSSR count). The molecule has 0 aliphatic rings. The lowest BCUT2D eigenvalue weighted by Gasteiger charge is -2.22. The largest absolute Gasteiger partial charge is 0.544 e. The van der Waals surface area contributed by atoms with Crippen molar-refractivity contribution in [1.82, 2.24) is 0 Å². The number of aliphatic hydroxyl groups excluding tert-OH is 2. The molecule has 0 amide bonds. The third-order valence-electron chi connectivity index (χ3n) is 2.01. The first kappa shape index (κ1) is 15.3. The molecule has 0 radical (unpaired) electrons. The first-order chi connectivity index (χ1) is 7.45. The fourth-order valence-corrected chi connectivity index (χ4v) is 1.32. The molecule has 0 saturated carbocycles. The molecule has 16 heavy (non-hydrogen) atoms. The SMILES string of the molecule is CC(C)OCC(O)C[NH+](CCO)CC(=O)[O-]. The minimum atomic E-state index is -1.19. The number of carbonyl (C=O) groups excluding carboxylic acids is 1. The van der Waals surface area contributed by atoms with Crippen molar-refractivity contribution in [3.63, 3.8) is 0 Å². The quantitative estimate of drug-likeness (QED) is 0.384. The van der Waals surface area contributed by atoms with Gasteiger partial charge < -0.3 is 29.8 Å². The Morgan fingerprint density at radius 2 is 2.12 bits per heavy atom. The lowest BCUT2D eigenvalue weighted by Crippen LogP contribution is -3.15. The Morgan fingerprint density at radius 1 is 1.50 bits per heavy atom. The van der Waals surface area contributed by atoms with Gasteiger partial charge in [-0.05, 0) is 13.8 Å². The maximum absolute atomic E-state index is 10.4. The summed E-state index contributed by atoms with van der Waals surface area (Å²) in [6.45, 7) is 4.02. The Balaban J connectivity index is 3.91. The minimum Gasteiger partial charge on any atom is -0.544 e. The normalized spacial score (nSPS) is 15.1. The first-order valence-electron chi connectivity index (χ1n) is 5.39. The highest BCUT2D eigenvalue weighted by Crippen LogP contribution is 1.89. The second kappa shape index (κ2) is 8.46. The van der Waals surface area contributed by atoms with Gasteiger partial charge in [0.2, 0.25) is 0 Å². The van der Waals surface area contributed by atoms with E-state index >= 15 is 0 Å². The Kier molecular flexibility index (Phi) is 8.10. The van der Waals surface area contributed by atoms with E-state index in [2.05, 4.69) is 0 Å². The molecule has 2 unspecified atom stereocenters. The number of hydrogen-bond donors (Lipinski definition) is 3. The van der Waals surface area contributed by atoms with Crippen LogP contribution in [0.1, 0.15) is 13.8 Å². The molecule has 2 atom stereocenters. The van der Waals surface area contributed by atoms with Crippen molar-refractivity contribution in [1.29, 1.82) is 0 Å². The van der Waals surface area contributed by atoms with Gasteiger partial charge in [0.15, 0.2) is 0 Å². The van der Waals surface area contributed by atoms with Crippen LogP contribution in [0.25, 0.3) is 0 Å². The predicted octanol–water partition coefficient (Wildman–Crippen LogP) is -3.60. The summed E-state index contributed by atoms with van der Waals surface area (Å²) in [5, 5.41) is 28.7. The van der Waals surface area contributed by atoms with Gasteiger partial charge in [-0.3, -0.25) is 0 Å². The van der Waals surface area contributed by atoms with Crippen molar-refractivity contribution in [3.05, 3.63) is 0 Å². The lowest BCUT2D eigenvalue weighted by molar-refractivity contribution is -0.898. The molecule has 6 nitrogen and oxygen atoms in total. The number of hydrogen-bond acceptors (Lipinski definition) is 5. The standard InChI is InChI=1S/C10H21NO5/c1-8(2)16-7-9(13)5-11(3-4-12)6-10(14)15/h8-9,12-13H,3-7H2,1-2H3,(H,14,15). The van der Waals surface area contributed by atoms with Crippen LogP contribution in [-0.4, -0.2) is 61.2 Å². The van der Waals surface area contributed by atoms with Crippen molar-refractivity contribution >= 4 is 5.97 Å². The predicted molar refractivity (Wildman–Crippen MR) is 54.8 cm³/mol. The Labute approximate surface area is 95.4 Å². The molecule has 0 aromatic carbocycles. The van der Waals surface area contributed by atoms with Crippen LogP contribution in [0.3, 0.4) is 0 Å². The molecule has 96 valence electrons. The monoisotopic (exact) mass is 235 g/mol. The van der Waals surface area contributed by atoms with Crippen molar-refractivity contribution in [2.45, 2.75) is 26.1 Å². The fourth-order valence-electron chi connectivity index (χ4n) is 1.32. The molecule has 0 bridgehead atoms. The number of carboxylic acids is 1. The molecule has 0 aliphatic heterocycles. The van der Waals surface area contributed by atoms with Crippen molar-refractivity contribution < 1.29 is 29.8 Å². The van der Waals surface area contributed by atoms with Gasteiger partial charge in [0.05, 0.1) is 25.3 Å². The fraction of sp³-hybridized carbons (Fsp3) is 0.900. The third-order valence-corrected chi connectivity index (χ3v) is 2.01. The molecule has 0 aliphatic carbocycles. The van der Waals surface area contributed by atoms with Crippen molar-refractivity contribution in [2.75, 3.05) is 32.8 Å². The number of carbonyl (C=O) groups is 1. The molecule has 0 heterocycles. The Hall–Kier alpha value is -0.690. The summed E-state index contributed by atoms with van der Waals surface area (Å²) >= 11 is 0. The zero-order valence-electron chi connectivity index (χ0n) is 9.81. The Bertz CT molecular complexity index is 198. The first-order valence-corrected chi connectivity index (χ1v) is 5.39. The average Bonchev–Trinajstić information content (AvgIpc) is 2.14. The highest BCUT2D eigenvalue weighted by Gasteiger charge is 2.15. The van der Waals surface area contributed by atoms with Crippen LogP contribution < -0.4 is 10.0 Å². The van der Waals surface area contributed by atoms with Crippen LogP contribution in [0.15, 0.2) is 0 Å². The van der Waals surface area contributed by atoms with Gasteiger partial charge in [-0.15, -0.1) is 0 Å². The molecule has 3 N–H and O–H groups in total. The van der Waals surface area contributed by atoms with E-state index in [-0.39, 0.29) is 39.0 Å². The minimum absolute atomic E-state index is 0.0251. The van der Waals surface area contributed by atoms with Gasteiger partial charge >= 0.3 is 0 Å². The van der Waals surface area contributed by atoms with E-state index in [1.165, 1.54) is 0 Å². The molecular weight excluding hydrogens is 214 g/mol. The highest BCUT2D eigenvalue weighted by molar-refractivity contribution is 5.65. The van der Waals surface area contributed by atoms with Crippen LogP contribution in [-0.2, 0) is 9.53 Å². The van der Waals surface area contributed by atoms with Crippen molar-refractivity contribution in [3.8, 4) is 0 Å². The van der Waals surface area contributed by atoms with Gasteiger partial charge in [0, 0.05) is 0 Å². The van der Waals surface area contributed by atoms with E-state index in [0.717, 1.165) is 0 Å². The van der Waals surface area contributed by atoms with E-state index in [0.29, 0.717) is 4.90 Å². The van der Waals surface area contributed by atoms with Gasteiger partial charge in [-0.25, -0.2) is 0 Å². The van der Waals surface area contributed by atoms with E-state index in [1.807, 2.05) is 13.8 Å². The number of quaternary nitrogens is 1. The highest BCUT2D eigenvalue weighted by atomic mass is 16.5. The maximum Gasteiger partial charge on any atom is 0.126 e. The van der Waals surface area contributed by atoms with E-state index < -0.39 is 12.1 Å². The van der Waals surface area contributed by atoms with Gasteiger partial charge in [0.25, 0.3) is 0 Å². The van der Waals surface area contributed by atoms with Gasteiger partial charge in [0.1, 0.15) is 25.7 Å². The van der Waals surface area contributed by atoms with Gasteiger partial charge in [-0.2, -0.15) is 0 Å². The molecule has 6 heteroatoms. The molecule has 0 aromatic heterocycles. The summed E-state index contributed by atoms with van der Waals surface area (Å²) in [6.07, 6.45) is -0.708.